The normalized spacial score (nSPS) is 18.4. The molecule has 2 aliphatic heterocycles. The van der Waals surface area contributed by atoms with E-state index in [-0.39, 0.29) is 5.91 Å². The third-order valence-electron chi connectivity index (χ3n) is 4.44. The van der Waals surface area contributed by atoms with Crippen molar-refractivity contribution in [3.8, 4) is 0 Å². The molecule has 0 aromatic heterocycles. The highest BCUT2D eigenvalue weighted by atomic mass is 79.9. The maximum atomic E-state index is 12.8. The lowest BCUT2D eigenvalue weighted by atomic mass is 9.99. The second-order valence-corrected chi connectivity index (χ2v) is 6.88. The maximum Gasteiger partial charge on any atom is 0.337 e. The van der Waals surface area contributed by atoms with Gasteiger partial charge in [-0.05, 0) is 24.3 Å². The van der Waals surface area contributed by atoms with Crippen molar-refractivity contribution < 1.29 is 19.2 Å². The fourth-order valence-corrected chi connectivity index (χ4v) is 3.35. The number of carbonyl (C=O) groups is 2. The van der Waals surface area contributed by atoms with Gasteiger partial charge in [0.25, 0.3) is 5.91 Å². The number of methoxy groups -OCH3 is 1. The molecule has 2 aromatic carbocycles. The number of allylic oxidation sites excluding steroid dienone is 1. The van der Waals surface area contributed by atoms with Crippen LogP contribution in [0.25, 0.3) is 5.57 Å². The van der Waals surface area contributed by atoms with E-state index < -0.39 is 5.97 Å². The first kappa shape index (κ1) is 18.2. The van der Waals surface area contributed by atoms with Gasteiger partial charge < -0.3 is 20.2 Å². The van der Waals surface area contributed by atoms with Crippen LogP contribution in [0.4, 0.5) is 11.4 Å². The Labute approximate surface area is 169 Å². The van der Waals surface area contributed by atoms with Crippen LogP contribution in [0.2, 0.25) is 0 Å². The zero-order chi connectivity index (χ0) is 19.7. The summed E-state index contributed by atoms with van der Waals surface area (Å²) in [7, 11) is 1.32. The number of para-hydroxylation sites is 1. The van der Waals surface area contributed by atoms with Gasteiger partial charge >= 0.3 is 5.97 Å². The van der Waals surface area contributed by atoms with Crippen LogP contribution in [0.5, 0.6) is 0 Å². The number of alkyl halides is 1. The largest absolute Gasteiger partial charge is 0.465 e. The van der Waals surface area contributed by atoms with Crippen LogP contribution in [0.1, 0.15) is 21.5 Å². The van der Waals surface area contributed by atoms with E-state index in [2.05, 4.69) is 31.7 Å². The average molecular weight is 442 g/mol. The molecule has 142 valence electrons. The molecular weight excluding hydrogens is 426 g/mol. The highest BCUT2D eigenvalue weighted by Crippen LogP contribution is 2.39. The molecule has 0 saturated carbocycles. The fourth-order valence-electron chi connectivity index (χ4n) is 3.21. The molecule has 8 heteroatoms. The van der Waals surface area contributed by atoms with Gasteiger partial charge in [0.05, 0.1) is 23.9 Å². The minimum absolute atomic E-state index is 0.277. The minimum Gasteiger partial charge on any atom is -0.465 e. The first-order valence-corrected chi connectivity index (χ1v) is 9.67. The molecule has 7 nitrogen and oxygen atoms in total. The van der Waals surface area contributed by atoms with Gasteiger partial charge in [-0.1, -0.05) is 39.3 Å². The van der Waals surface area contributed by atoms with Gasteiger partial charge in [0.15, 0.2) is 0 Å². The molecule has 0 radical (unpaired) electrons. The van der Waals surface area contributed by atoms with E-state index in [1.165, 1.54) is 7.11 Å². The number of fused-ring (bicyclic) bond motifs is 2. The first-order chi connectivity index (χ1) is 13.6. The van der Waals surface area contributed by atoms with E-state index in [0.717, 1.165) is 11.3 Å². The van der Waals surface area contributed by atoms with E-state index in [1.807, 2.05) is 24.3 Å². The lowest BCUT2D eigenvalue weighted by Crippen LogP contribution is -2.13. The van der Waals surface area contributed by atoms with Crippen molar-refractivity contribution in [2.24, 2.45) is 5.16 Å². The van der Waals surface area contributed by atoms with Crippen LogP contribution in [0.15, 0.2) is 53.3 Å². The minimum atomic E-state index is -0.469. The summed E-state index contributed by atoms with van der Waals surface area (Å²) in [5.41, 5.74) is 4.74. The average Bonchev–Trinajstić information content (AvgIpc) is 3.23. The summed E-state index contributed by atoms with van der Waals surface area (Å²) in [5, 5.41) is 11.0. The van der Waals surface area contributed by atoms with E-state index in [9.17, 15) is 9.59 Å². The molecule has 0 atom stereocenters. The lowest BCUT2D eigenvalue weighted by molar-refractivity contribution is -0.110. The van der Waals surface area contributed by atoms with Crippen LogP contribution in [-0.2, 0) is 14.4 Å². The molecule has 1 amide bonds. The third kappa shape index (κ3) is 3.05. The smallest absolute Gasteiger partial charge is 0.337 e. The van der Waals surface area contributed by atoms with E-state index in [1.54, 1.807) is 18.2 Å². The molecule has 2 aliphatic rings. The first-order valence-electron chi connectivity index (χ1n) is 8.55. The SMILES string of the molecule is COC(=O)c1ccc2c(c1)/C(=C1/Nc3ccccc3/C1=N\OCCBr)C(=O)N2. The van der Waals surface area contributed by atoms with Gasteiger partial charge in [-0.2, -0.15) is 0 Å². The van der Waals surface area contributed by atoms with Crippen molar-refractivity contribution in [2.75, 3.05) is 29.7 Å². The van der Waals surface area contributed by atoms with Gasteiger partial charge in [-0.3, -0.25) is 4.79 Å². The predicted molar refractivity (Wildman–Crippen MR) is 110 cm³/mol. The zero-order valence-corrected chi connectivity index (χ0v) is 16.5. The van der Waals surface area contributed by atoms with Gasteiger partial charge in [-0.15, -0.1) is 0 Å². The van der Waals surface area contributed by atoms with E-state index in [0.29, 0.717) is 45.7 Å². The molecule has 0 aliphatic carbocycles. The maximum absolute atomic E-state index is 12.8. The molecule has 0 spiro atoms. The van der Waals surface area contributed by atoms with Crippen molar-refractivity contribution in [3.63, 3.8) is 0 Å². The van der Waals surface area contributed by atoms with Gasteiger partial charge in [0.1, 0.15) is 12.3 Å². The highest BCUT2D eigenvalue weighted by molar-refractivity contribution is 9.09. The number of esters is 1. The molecule has 0 unspecified atom stereocenters. The van der Waals surface area contributed by atoms with Gasteiger partial charge in [0.2, 0.25) is 0 Å². The van der Waals surface area contributed by atoms with Crippen molar-refractivity contribution in [2.45, 2.75) is 0 Å². The Hall–Kier alpha value is -3.13. The molecular formula is C20H16BrN3O4. The third-order valence-corrected chi connectivity index (χ3v) is 4.76. The lowest BCUT2D eigenvalue weighted by Gasteiger charge is -2.07. The molecule has 28 heavy (non-hydrogen) atoms. The van der Waals surface area contributed by atoms with Crippen LogP contribution >= 0.6 is 15.9 Å². The number of anilines is 2. The number of carbonyl (C=O) groups excluding carboxylic acids is 2. The number of hydrogen-bond acceptors (Lipinski definition) is 6. The summed E-state index contributed by atoms with van der Waals surface area (Å²) in [4.78, 5) is 30.1. The second kappa shape index (κ2) is 7.47. The highest BCUT2D eigenvalue weighted by Gasteiger charge is 2.34. The Morgan fingerprint density at radius 2 is 1.89 bits per heavy atom. The van der Waals surface area contributed by atoms with Crippen LogP contribution in [0.3, 0.4) is 0 Å². The molecule has 2 heterocycles. The standard InChI is InChI=1S/C20H16BrN3O4/c1-27-20(26)11-6-7-15-13(10-11)16(19(25)23-15)18-17(24-28-9-8-21)12-4-2-3-5-14(12)22-18/h2-7,10,22H,8-9H2,1H3,(H,23,25)/b18-16-,24-17+. The van der Waals surface area contributed by atoms with Gasteiger partial charge in [0, 0.05) is 27.8 Å². The number of benzene rings is 2. The second-order valence-electron chi connectivity index (χ2n) is 6.09. The van der Waals surface area contributed by atoms with Crippen molar-refractivity contribution in [1.29, 1.82) is 0 Å². The molecule has 0 saturated heterocycles. The number of halogens is 1. The van der Waals surface area contributed by atoms with Crippen LogP contribution in [-0.4, -0.2) is 36.6 Å². The number of rotatable bonds is 4. The number of amides is 1. The Balaban J connectivity index is 1.88. The van der Waals surface area contributed by atoms with Gasteiger partial charge in [-0.25, -0.2) is 4.79 Å². The summed E-state index contributed by atoms with van der Waals surface area (Å²) in [5.74, 6) is -0.746. The van der Waals surface area contributed by atoms with Crippen molar-refractivity contribution in [3.05, 3.63) is 64.9 Å². The summed E-state index contributed by atoms with van der Waals surface area (Å²) in [6.45, 7) is 0.392. The Kier molecular flexibility index (Phi) is 4.87. The summed E-state index contributed by atoms with van der Waals surface area (Å²) >= 11 is 3.30. The van der Waals surface area contributed by atoms with Crippen molar-refractivity contribution >= 4 is 50.5 Å². The summed E-state index contributed by atoms with van der Waals surface area (Å²) in [6.07, 6.45) is 0. The molecule has 4 rings (SSSR count). The molecule has 0 fully saturated rings. The van der Waals surface area contributed by atoms with E-state index in [4.69, 9.17) is 9.57 Å². The van der Waals surface area contributed by atoms with E-state index >= 15 is 0 Å². The van der Waals surface area contributed by atoms with Crippen molar-refractivity contribution in [1.82, 2.24) is 0 Å². The van der Waals surface area contributed by atoms with Crippen LogP contribution in [0, 0.1) is 0 Å². The van der Waals surface area contributed by atoms with Crippen LogP contribution < -0.4 is 10.6 Å². The summed E-state index contributed by atoms with van der Waals surface area (Å²) < 4.78 is 4.80. The topological polar surface area (TPSA) is 89.0 Å². The molecule has 2 aromatic rings. The number of hydrogen-bond donors (Lipinski definition) is 2. The monoisotopic (exact) mass is 441 g/mol. The number of nitrogens with zero attached hydrogens (tertiary/aromatic N) is 1. The number of ether oxygens (including phenoxy) is 1. The summed E-state index contributed by atoms with van der Waals surface area (Å²) in [6, 6.07) is 12.5. The molecule has 0 bridgehead atoms. The Morgan fingerprint density at radius 1 is 1.11 bits per heavy atom. The Morgan fingerprint density at radius 3 is 2.68 bits per heavy atom. The number of nitrogens with one attached hydrogen (secondary N) is 2. The number of oxime groups is 1. The fraction of sp³-hybridized carbons (Fsp3) is 0.150. The zero-order valence-electron chi connectivity index (χ0n) is 14.9. The predicted octanol–water partition coefficient (Wildman–Crippen LogP) is 3.38. The quantitative estimate of drug-likeness (QED) is 0.249. The molecule has 2 N–H and O–H groups in total. The Bertz CT molecular complexity index is 1050.